The lowest BCUT2D eigenvalue weighted by Gasteiger charge is -2.01. The lowest BCUT2D eigenvalue weighted by Crippen LogP contribution is -2.19. The minimum absolute atomic E-state index is 0.120. The van der Waals surface area contributed by atoms with Crippen LogP contribution in [0.15, 0.2) is 18.2 Å². The van der Waals surface area contributed by atoms with Crippen LogP contribution in [0.5, 0.6) is 0 Å². The Morgan fingerprint density at radius 2 is 2.31 bits per heavy atom. The van der Waals surface area contributed by atoms with Gasteiger partial charge >= 0.3 is 0 Å². The molecule has 0 fully saturated rings. The number of nitriles is 1. The third-order valence-electron chi connectivity index (χ3n) is 1.44. The maximum Gasteiger partial charge on any atom is 0.267 e. The second-order valence-corrected chi connectivity index (χ2v) is 2.27. The zero-order valence-corrected chi connectivity index (χ0v) is 6.54. The summed E-state index contributed by atoms with van der Waals surface area (Å²) >= 11 is 0. The highest BCUT2D eigenvalue weighted by Gasteiger charge is 2.12. The summed E-state index contributed by atoms with van der Waals surface area (Å²) < 4.78 is 13.1. The van der Waals surface area contributed by atoms with E-state index in [0.717, 1.165) is 0 Å². The number of anilines is 1. The largest absolute Gasteiger partial charge is 0.396 e. The number of halogens is 1. The van der Waals surface area contributed by atoms with E-state index in [9.17, 15) is 9.18 Å². The summed E-state index contributed by atoms with van der Waals surface area (Å²) in [5.41, 5.74) is 4.86. The quantitative estimate of drug-likeness (QED) is 0.376. The first kappa shape index (κ1) is 9.00. The van der Waals surface area contributed by atoms with Gasteiger partial charge in [0.15, 0.2) is 12.0 Å². The van der Waals surface area contributed by atoms with Crippen LogP contribution < -0.4 is 11.1 Å². The lowest BCUT2D eigenvalue weighted by molar-refractivity contribution is 0.0969. The number of nitrogen functional groups attached to an aromatic ring is 1. The molecular weight excluding hydrogens is 173 g/mol. The van der Waals surface area contributed by atoms with E-state index in [4.69, 9.17) is 11.0 Å². The maximum absolute atomic E-state index is 13.1. The Morgan fingerprint density at radius 1 is 1.62 bits per heavy atom. The zero-order valence-electron chi connectivity index (χ0n) is 6.54. The van der Waals surface area contributed by atoms with Crippen molar-refractivity contribution in [1.82, 2.24) is 5.32 Å². The molecule has 3 N–H and O–H groups in total. The van der Waals surface area contributed by atoms with Gasteiger partial charge in [0, 0.05) is 0 Å². The van der Waals surface area contributed by atoms with Gasteiger partial charge in [0.2, 0.25) is 0 Å². The number of hydrogen-bond donors (Lipinski definition) is 2. The van der Waals surface area contributed by atoms with Gasteiger partial charge < -0.3 is 5.73 Å². The van der Waals surface area contributed by atoms with E-state index in [0.29, 0.717) is 0 Å². The summed E-state index contributed by atoms with van der Waals surface area (Å²) in [6.45, 7) is 0. The summed E-state index contributed by atoms with van der Waals surface area (Å²) in [5, 5.41) is 9.92. The highest BCUT2D eigenvalue weighted by Crippen LogP contribution is 2.13. The predicted molar refractivity (Wildman–Crippen MR) is 43.9 cm³/mol. The Balaban J connectivity index is 3.09. The van der Waals surface area contributed by atoms with Gasteiger partial charge in [-0.1, -0.05) is 6.07 Å². The third kappa shape index (κ3) is 1.73. The topological polar surface area (TPSA) is 78.9 Å². The molecule has 0 spiro atoms. The van der Waals surface area contributed by atoms with E-state index in [1.54, 1.807) is 5.32 Å². The Hall–Kier alpha value is -2.09. The average Bonchev–Trinajstić information content (AvgIpc) is 2.10. The number of rotatable bonds is 1. The normalized spacial score (nSPS) is 8.92. The molecule has 0 bridgehead atoms. The van der Waals surface area contributed by atoms with Gasteiger partial charge in [-0.2, -0.15) is 5.26 Å². The molecule has 66 valence electrons. The molecule has 0 heterocycles. The molecule has 0 saturated heterocycles. The van der Waals surface area contributed by atoms with E-state index in [1.165, 1.54) is 24.4 Å². The molecule has 1 aromatic carbocycles. The molecule has 13 heavy (non-hydrogen) atoms. The van der Waals surface area contributed by atoms with Gasteiger partial charge in [-0.25, -0.2) is 4.39 Å². The number of nitrogens with one attached hydrogen (secondary N) is 1. The summed E-state index contributed by atoms with van der Waals surface area (Å²) in [6.07, 6.45) is 1.41. The molecule has 5 heteroatoms. The Morgan fingerprint density at radius 3 is 2.92 bits per heavy atom. The molecule has 0 aliphatic carbocycles. The molecule has 4 nitrogen and oxygen atoms in total. The van der Waals surface area contributed by atoms with Crippen LogP contribution in [0.2, 0.25) is 0 Å². The van der Waals surface area contributed by atoms with Gasteiger partial charge in [0.05, 0.1) is 11.3 Å². The standard InChI is InChI=1S/C8H6FN3O/c9-7-5(8(13)12-4-10)2-1-3-6(7)11/h1-3H,11H2,(H,12,13). The molecule has 0 unspecified atom stereocenters. The minimum Gasteiger partial charge on any atom is -0.396 e. The molecule has 1 amide bonds. The molecule has 0 atom stereocenters. The average molecular weight is 179 g/mol. The molecule has 0 aromatic heterocycles. The third-order valence-corrected chi connectivity index (χ3v) is 1.44. The molecule has 0 saturated carbocycles. The number of carbonyl (C=O) groups excluding carboxylic acids is 1. The lowest BCUT2D eigenvalue weighted by atomic mass is 10.2. The van der Waals surface area contributed by atoms with Crippen molar-refractivity contribution in [2.45, 2.75) is 0 Å². The van der Waals surface area contributed by atoms with Crippen LogP contribution in [0, 0.1) is 17.3 Å². The minimum atomic E-state index is -0.810. The van der Waals surface area contributed by atoms with Crippen molar-refractivity contribution < 1.29 is 9.18 Å². The van der Waals surface area contributed by atoms with Gasteiger partial charge in [-0.05, 0) is 12.1 Å². The Bertz CT molecular complexity index is 383. The second-order valence-electron chi connectivity index (χ2n) is 2.27. The number of amides is 1. The van der Waals surface area contributed by atoms with E-state index in [1.807, 2.05) is 0 Å². The van der Waals surface area contributed by atoms with Crippen LogP contribution in [0.3, 0.4) is 0 Å². The zero-order chi connectivity index (χ0) is 9.84. The monoisotopic (exact) mass is 179 g/mol. The fraction of sp³-hybridized carbons (Fsp3) is 0. The van der Waals surface area contributed by atoms with E-state index in [2.05, 4.69) is 0 Å². The van der Waals surface area contributed by atoms with Crippen molar-refractivity contribution in [2.75, 3.05) is 5.73 Å². The van der Waals surface area contributed by atoms with Gasteiger partial charge in [0.25, 0.3) is 5.91 Å². The van der Waals surface area contributed by atoms with Crippen LogP contribution in [-0.4, -0.2) is 5.91 Å². The number of hydrogen-bond acceptors (Lipinski definition) is 3. The van der Waals surface area contributed by atoms with Gasteiger partial charge in [-0.3, -0.25) is 10.1 Å². The first-order valence-corrected chi connectivity index (χ1v) is 3.40. The highest BCUT2D eigenvalue weighted by molar-refractivity contribution is 5.96. The summed E-state index contributed by atoms with van der Waals surface area (Å²) in [5.74, 6) is -1.61. The number of carbonyl (C=O) groups is 1. The summed E-state index contributed by atoms with van der Waals surface area (Å²) in [4.78, 5) is 11.0. The van der Waals surface area contributed by atoms with Gasteiger partial charge in [-0.15, -0.1) is 0 Å². The van der Waals surface area contributed by atoms with E-state index >= 15 is 0 Å². The van der Waals surface area contributed by atoms with Gasteiger partial charge in [0.1, 0.15) is 0 Å². The SMILES string of the molecule is N#CNC(=O)c1cccc(N)c1F. The summed E-state index contributed by atoms with van der Waals surface area (Å²) in [6, 6.07) is 4.02. The summed E-state index contributed by atoms with van der Waals surface area (Å²) in [7, 11) is 0. The molecular formula is C8H6FN3O. The van der Waals surface area contributed by atoms with Crippen molar-refractivity contribution >= 4 is 11.6 Å². The van der Waals surface area contributed by atoms with Crippen molar-refractivity contribution in [3.63, 3.8) is 0 Å². The van der Waals surface area contributed by atoms with E-state index in [-0.39, 0.29) is 11.3 Å². The van der Waals surface area contributed by atoms with Crippen LogP contribution in [0.4, 0.5) is 10.1 Å². The number of nitrogens with zero attached hydrogens (tertiary/aromatic N) is 1. The maximum atomic E-state index is 13.1. The van der Waals surface area contributed by atoms with Crippen molar-refractivity contribution in [3.8, 4) is 6.19 Å². The molecule has 0 aliphatic rings. The van der Waals surface area contributed by atoms with E-state index < -0.39 is 11.7 Å². The second kappa shape index (κ2) is 3.54. The fourth-order valence-corrected chi connectivity index (χ4v) is 0.843. The first-order valence-electron chi connectivity index (χ1n) is 3.40. The van der Waals surface area contributed by atoms with Crippen LogP contribution in [0.25, 0.3) is 0 Å². The smallest absolute Gasteiger partial charge is 0.267 e. The Labute approximate surface area is 73.8 Å². The van der Waals surface area contributed by atoms with Crippen molar-refractivity contribution in [1.29, 1.82) is 5.26 Å². The van der Waals surface area contributed by atoms with Crippen molar-refractivity contribution in [2.24, 2.45) is 0 Å². The van der Waals surface area contributed by atoms with Crippen LogP contribution in [0.1, 0.15) is 10.4 Å². The molecule has 0 radical (unpaired) electrons. The Kier molecular flexibility index (Phi) is 2.45. The number of benzene rings is 1. The molecule has 1 aromatic rings. The highest BCUT2D eigenvalue weighted by atomic mass is 19.1. The number of nitrogens with two attached hydrogens (primary N) is 1. The van der Waals surface area contributed by atoms with Crippen LogP contribution in [-0.2, 0) is 0 Å². The van der Waals surface area contributed by atoms with Crippen molar-refractivity contribution in [3.05, 3.63) is 29.6 Å². The first-order chi connectivity index (χ1) is 6.16. The fourth-order valence-electron chi connectivity index (χ4n) is 0.843. The predicted octanol–water partition coefficient (Wildman–Crippen LogP) is 0.619. The molecule has 0 aliphatic heterocycles. The van der Waals surface area contributed by atoms with Crippen LogP contribution >= 0.6 is 0 Å². The molecule has 1 rings (SSSR count).